The number of hydrogen-bond acceptors (Lipinski definition) is 4. The second-order valence-corrected chi connectivity index (χ2v) is 5.97. The number of aryl methyl sites for hydroxylation is 1. The monoisotopic (exact) mass is 313 g/mol. The van der Waals surface area contributed by atoms with Crippen molar-refractivity contribution in [3.8, 4) is 0 Å². The Bertz CT molecular complexity index is 869. The Hall–Kier alpha value is -2.47. The molecule has 1 amide bonds. The maximum atomic E-state index is 12.3. The van der Waals surface area contributed by atoms with Crippen LogP contribution >= 0.6 is 11.3 Å². The van der Waals surface area contributed by atoms with Crippen LogP contribution in [0, 0.1) is 6.92 Å². The molecule has 0 spiro atoms. The zero-order valence-corrected chi connectivity index (χ0v) is 12.9. The van der Waals surface area contributed by atoms with E-state index in [1.165, 1.54) is 4.57 Å². The molecule has 0 fully saturated rings. The van der Waals surface area contributed by atoms with Crippen LogP contribution in [0.25, 0.3) is 11.0 Å². The van der Waals surface area contributed by atoms with Crippen molar-refractivity contribution in [2.45, 2.75) is 20.0 Å². The molecule has 0 aliphatic carbocycles. The second-order valence-electron chi connectivity index (χ2n) is 4.93. The molecule has 112 valence electrons. The average molecular weight is 313 g/mol. The number of nitrogens with zero attached hydrogens (tertiary/aromatic N) is 2. The molecular formula is C16H15N3O2S. The molecule has 2 aromatic heterocycles. The molecule has 5 nitrogen and oxygen atoms in total. The summed E-state index contributed by atoms with van der Waals surface area (Å²) in [7, 11) is 0. The van der Waals surface area contributed by atoms with E-state index >= 15 is 0 Å². The van der Waals surface area contributed by atoms with Crippen LogP contribution in [0.3, 0.4) is 0 Å². The van der Waals surface area contributed by atoms with Crippen LogP contribution in [-0.2, 0) is 17.9 Å². The Morgan fingerprint density at radius 3 is 2.86 bits per heavy atom. The molecule has 0 unspecified atom stereocenters. The van der Waals surface area contributed by atoms with Gasteiger partial charge >= 0.3 is 0 Å². The van der Waals surface area contributed by atoms with Crippen molar-refractivity contribution in [2.75, 3.05) is 0 Å². The summed E-state index contributed by atoms with van der Waals surface area (Å²) in [5, 5.41) is 4.80. The number of hydrogen-bond donors (Lipinski definition) is 1. The van der Waals surface area contributed by atoms with Crippen LogP contribution in [0.4, 0.5) is 0 Å². The van der Waals surface area contributed by atoms with Gasteiger partial charge in [0.1, 0.15) is 12.2 Å². The van der Waals surface area contributed by atoms with E-state index in [1.807, 2.05) is 35.7 Å². The van der Waals surface area contributed by atoms with E-state index in [2.05, 4.69) is 10.3 Å². The van der Waals surface area contributed by atoms with E-state index in [0.29, 0.717) is 23.3 Å². The molecule has 0 aliphatic heterocycles. The summed E-state index contributed by atoms with van der Waals surface area (Å²) in [6, 6.07) is 11.2. The highest BCUT2D eigenvalue weighted by atomic mass is 32.1. The minimum atomic E-state index is -0.232. The molecule has 0 saturated heterocycles. The van der Waals surface area contributed by atoms with Crippen LogP contribution in [0.5, 0.6) is 0 Å². The number of carbonyl (C=O) groups is 1. The summed E-state index contributed by atoms with van der Waals surface area (Å²) in [5.74, 6) is -0.189. The van der Waals surface area contributed by atoms with E-state index in [4.69, 9.17) is 0 Å². The molecule has 3 rings (SSSR count). The zero-order chi connectivity index (χ0) is 15.5. The van der Waals surface area contributed by atoms with Crippen molar-refractivity contribution < 1.29 is 4.79 Å². The van der Waals surface area contributed by atoms with Gasteiger partial charge in [0.2, 0.25) is 5.91 Å². The summed E-state index contributed by atoms with van der Waals surface area (Å²) in [4.78, 5) is 29.7. The lowest BCUT2D eigenvalue weighted by atomic mass is 10.2. The van der Waals surface area contributed by atoms with Crippen molar-refractivity contribution in [1.82, 2.24) is 14.9 Å². The van der Waals surface area contributed by atoms with Gasteiger partial charge in [0, 0.05) is 4.88 Å². The lowest BCUT2D eigenvalue weighted by molar-refractivity contribution is -0.121. The SMILES string of the molecule is Cc1nc2ccccc2n(CC(=O)NCc2cccs2)c1=O. The number of amides is 1. The maximum Gasteiger partial charge on any atom is 0.272 e. The highest BCUT2D eigenvalue weighted by molar-refractivity contribution is 7.09. The summed E-state index contributed by atoms with van der Waals surface area (Å²) >= 11 is 1.59. The third-order valence-electron chi connectivity index (χ3n) is 3.36. The predicted molar refractivity (Wildman–Crippen MR) is 86.9 cm³/mol. The van der Waals surface area contributed by atoms with Crippen LogP contribution in [0.15, 0.2) is 46.6 Å². The van der Waals surface area contributed by atoms with E-state index in [9.17, 15) is 9.59 Å². The molecule has 22 heavy (non-hydrogen) atoms. The van der Waals surface area contributed by atoms with Gasteiger partial charge in [0.25, 0.3) is 5.56 Å². The Kier molecular flexibility index (Phi) is 4.02. The van der Waals surface area contributed by atoms with E-state index in [-0.39, 0.29) is 18.0 Å². The van der Waals surface area contributed by atoms with Gasteiger partial charge in [-0.05, 0) is 30.5 Å². The van der Waals surface area contributed by atoms with Crippen LogP contribution in [0.1, 0.15) is 10.6 Å². The molecule has 0 atom stereocenters. The molecule has 1 aromatic carbocycles. The largest absolute Gasteiger partial charge is 0.350 e. The Balaban J connectivity index is 1.85. The fraction of sp³-hybridized carbons (Fsp3) is 0.188. The molecule has 6 heteroatoms. The highest BCUT2D eigenvalue weighted by Crippen LogP contribution is 2.10. The Morgan fingerprint density at radius 2 is 2.09 bits per heavy atom. The van der Waals surface area contributed by atoms with Gasteiger partial charge in [-0.1, -0.05) is 18.2 Å². The number of nitrogens with one attached hydrogen (secondary N) is 1. The minimum absolute atomic E-state index is 0.00587. The average Bonchev–Trinajstić information content (AvgIpc) is 3.03. The number of thiophene rings is 1. The highest BCUT2D eigenvalue weighted by Gasteiger charge is 2.11. The smallest absolute Gasteiger partial charge is 0.272 e. The first kappa shape index (κ1) is 14.5. The second kappa shape index (κ2) is 6.11. The van der Waals surface area contributed by atoms with Crippen molar-refractivity contribution in [3.63, 3.8) is 0 Å². The van der Waals surface area contributed by atoms with Crippen molar-refractivity contribution in [1.29, 1.82) is 0 Å². The van der Waals surface area contributed by atoms with Gasteiger partial charge in [-0.25, -0.2) is 4.98 Å². The minimum Gasteiger partial charge on any atom is -0.350 e. The maximum absolute atomic E-state index is 12.3. The number of carbonyl (C=O) groups excluding carboxylic acids is 1. The first-order valence-electron chi connectivity index (χ1n) is 6.90. The van der Waals surface area contributed by atoms with Gasteiger partial charge in [-0.2, -0.15) is 0 Å². The molecule has 1 N–H and O–H groups in total. The lowest BCUT2D eigenvalue weighted by Gasteiger charge is -2.11. The Labute approximate surface area is 131 Å². The molecule has 0 bridgehead atoms. The van der Waals surface area contributed by atoms with Crippen molar-refractivity contribution in [2.24, 2.45) is 0 Å². The predicted octanol–water partition coefficient (Wildman–Crippen LogP) is 2.08. The van der Waals surface area contributed by atoms with Gasteiger partial charge in [0.15, 0.2) is 0 Å². The van der Waals surface area contributed by atoms with Gasteiger partial charge in [0.05, 0.1) is 17.6 Å². The zero-order valence-electron chi connectivity index (χ0n) is 12.1. The first-order chi connectivity index (χ1) is 10.6. The number of rotatable bonds is 4. The van der Waals surface area contributed by atoms with E-state index in [0.717, 1.165) is 4.88 Å². The fourth-order valence-corrected chi connectivity index (χ4v) is 2.92. The van der Waals surface area contributed by atoms with Crippen molar-refractivity contribution in [3.05, 3.63) is 62.7 Å². The first-order valence-corrected chi connectivity index (χ1v) is 7.78. The van der Waals surface area contributed by atoms with Gasteiger partial charge < -0.3 is 5.32 Å². The fourth-order valence-electron chi connectivity index (χ4n) is 2.28. The molecule has 3 aromatic rings. The van der Waals surface area contributed by atoms with Crippen LogP contribution < -0.4 is 10.9 Å². The number of benzene rings is 1. The topological polar surface area (TPSA) is 64.0 Å². The standard InChI is InChI=1S/C16H15N3O2S/c1-11-16(21)19(14-7-3-2-6-13(14)18-11)10-15(20)17-9-12-5-4-8-22-12/h2-8H,9-10H2,1H3,(H,17,20). The summed E-state index contributed by atoms with van der Waals surface area (Å²) < 4.78 is 1.47. The normalized spacial score (nSPS) is 10.8. The van der Waals surface area contributed by atoms with Crippen LogP contribution in [0.2, 0.25) is 0 Å². The molecular weight excluding hydrogens is 298 g/mol. The third kappa shape index (κ3) is 2.92. The van der Waals surface area contributed by atoms with Gasteiger partial charge in [-0.15, -0.1) is 11.3 Å². The molecule has 2 heterocycles. The Morgan fingerprint density at radius 1 is 1.27 bits per heavy atom. The molecule has 0 aliphatic rings. The summed E-state index contributed by atoms with van der Waals surface area (Å²) in [5.41, 5.74) is 1.55. The number of aromatic nitrogens is 2. The lowest BCUT2D eigenvalue weighted by Crippen LogP contribution is -2.33. The summed E-state index contributed by atoms with van der Waals surface area (Å²) in [6.45, 7) is 2.14. The third-order valence-corrected chi connectivity index (χ3v) is 4.23. The van der Waals surface area contributed by atoms with Crippen molar-refractivity contribution >= 4 is 28.3 Å². The summed E-state index contributed by atoms with van der Waals surface area (Å²) in [6.07, 6.45) is 0. The molecule has 0 radical (unpaired) electrons. The van der Waals surface area contributed by atoms with E-state index < -0.39 is 0 Å². The molecule has 0 saturated carbocycles. The quantitative estimate of drug-likeness (QED) is 0.802. The van der Waals surface area contributed by atoms with E-state index in [1.54, 1.807) is 24.3 Å². The van der Waals surface area contributed by atoms with Crippen LogP contribution in [-0.4, -0.2) is 15.5 Å². The van der Waals surface area contributed by atoms with Gasteiger partial charge in [-0.3, -0.25) is 14.2 Å². The number of para-hydroxylation sites is 2. The number of fused-ring (bicyclic) bond motifs is 1.